The number of amides is 1. The molecule has 0 saturated carbocycles. The fraction of sp³-hybridized carbons (Fsp3) is 0.444. The second-order valence-electron chi connectivity index (χ2n) is 8.98. The molecule has 1 saturated heterocycles. The van der Waals surface area contributed by atoms with Crippen LogP contribution in [0.15, 0.2) is 59.6 Å². The van der Waals surface area contributed by atoms with Crippen LogP contribution in [-0.2, 0) is 4.79 Å². The van der Waals surface area contributed by atoms with Gasteiger partial charge in [-0.15, -0.1) is 0 Å². The zero-order chi connectivity index (χ0) is 23.5. The number of carbonyl (C=O) groups excluding carboxylic acids is 1. The molecule has 2 unspecified atom stereocenters. The van der Waals surface area contributed by atoms with E-state index in [0.29, 0.717) is 17.5 Å². The molecule has 1 fully saturated rings. The van der Waals surface area contributed by atoms with Gasteiger partial charge in [0.2, 0.25) is 0 Å². The minimum atomic E-state index is -0.0164. The number of benzene rings is 1. The minimum Gasteiger partial charge on any atom is -0.493 e. The van der Waals surface area contributed by atoms with E-state index in [0.717, 1.165) is 55.0 Å². The first-order valence-electron chi connectivity index (χ1n) is 11.8. The van der Waals surface area contributed by atoms with E-state index < -0.39 is 0 Å². The normalized spacial score (nSPS) is 23.5. The van der Waals surface area contributed by atoms with Crippen LogP contribution in [0.2, 0.25) is 0 Å². The van der Waals surface area contributed by atoms with Crippen LogP contribution >= 0.6 is 0 Å². The molecule has 1 N–H and O–H groups in total. The number of allylic oxidation sites excluding steroid dienone is 4. The number of rotatable bonds is 5. The molecule has 1 aromatic carbocycles. The third-order valence-electron chi connectivity index (χ3n) is 6.72. The van der Waals surface area contributed by atoms with E-state index in [4.69, 9.17) is 9.47 Å². The van der Waals surface area contributed by atoms with E-state index in [-0.39, 0.29) is 11.8 Å². The van der Waals surface area contributed by atoms with Crippen LogP contribution in [-0.4, -0.2) is 55.6 Å². The third-order valence-corrected chi connectivity index (χ3v) is 6.72. The summed E-state index contributed by atoms with van der Waals surface area (Å²) in [5, 5.41) is 3.50. The van der Waals surface area contributed by atoms with Crippen molar-refractivity contribution in [2.45, 2.75) is 39.7 Å². The summed E-state index contributed by atoms with van der Waals surface area (Å²) < 4.78 is 10.9. The van der Waals surface area contributed by atoms with E-state index in [1.165, 1.54) is 5.57 Å². The average molecular weight is 450 g/mol. The zero-order valence-corrected chi connectivity index (χ0v) is 20.4. The summed E-state index contributed by atoms with van der Waals surface area (Å²) >= 11 is 0. The van der Waals surface area contributed by atoms with Gasteiger partial charge in [-0.25, -0.2) is 0 Å². The highest BCUT2D eigenvalue weighted by molar-refractivity contribution is 5.98. The van der Waals surface area contributed by atoms with E-state index in [9.17, 15) is 4.79 Å². The summed E-state index contributed by atoms with van der Waals surface area (Å²) in [5.74, 6) is 1.52. The van der Waals surface area contributed by atoms with Gasteiger partial charge in [0, 0.05) is 43.6 Å². The van der Waals surface area contributed by atoms with Gasteiger partial charge in [-0.3, -0.25) is 9.69 Å². The molecule has 33 heavy (non-hydrogen) atoms. The van der Waals surface area contributed by atoms with Crippen molar-refractivity contribution in [3.63, 3.8) is 0 Å². The lowest BCUT2D eigenvalue weighted by Crippen LogP contribution is -2.49. The molecule has 1 amide bonds. The number of hydrogen-bond acceptors (Lipinski definition) is 5. The number of fused-ring (bicyclic) bond motifs is 1. The first-order valence-corrected chi connectivity index (χ1v) is 11.8. The van der Waals surface area contributed by atoms with Crippen molar-refractivity contribution in [1.82, 2.24) is 15.1 Å². The molecule has 4 rings (SSSR count). The Bertz CT molecular complexity index is 1040. The second kappa shape index (κ2) is 9.87. The van der Waals surface area contributed by atoms with Crippen molar-refractivity contribution in [2.24, 2.45) is 5.92 Å². The molecule has 0 bridgehead atoms. The van der Waals surface area contributed by atoms with Gasteiger partial charge >= 0.3 is 0 Å². The van der Waals surface area contributed by atoms with Crippen LogP contribution in [0.5, 0.6) is 11.5 Å². The van der Waals surface area contributed by atoms with Gasteiger partial charge in [0.15, 0.2) is 11.5 Å². The fourth-order valence-electron chi connectivity index (χ4n) is 4.82. The molecule has 6 heteroatoms. The lowest BCUT2D eigenvalue weighted by molar-refractivity contribution is -0.122. The number of ether oxygens (including phenoxy) is 2. The van der Waals surface area contributed by atoms with Crippen LogP contribution in [0.1, 0.15) is 39.2 Å². The Hall–Kier alpha value is -2.99. The molecule has 1 aromatic rings. The van der Waals surface area contributed by atoms with Crippen molar-refractivity contribution in [3.8, 4) is 11.5 Å². The molecule has 3 aliphatic heterocycles. The number of carbonyl (C=O) groups is 1. The van der Waals surface area contributed by atoms with Gasteiger partial charge in [-0.2, -0.15) is 0 Å². The van der Waals surface area contributed by atoms with Crippen molar-refractivity contribution in [3.05, 3.63) is 65.2 Å². The number of nitrogens with one attached hydrogen (secondary N) is 1. The van der Waals surface area contributed by atoms with Crippen molar-refractivity contribution in [1.29, 1.82) is 0 Å². The largest absolute Gasteiger partial charge is 0.493 e. The number of hydrogen-bond donors (Lipinski definition) is 1. The molecule has 0 spiro atoms. The summed E-state index contributed by atoms with van der Waals surface area (Å²) in [6, 6.07) is 6.28. The van der Waals surface area contributed by atoms with Gasteiger partial charge in [-0.1, -0.05) is 26.0 Å². The predicted octanol–water partition coefficient (Wildman–Crippen LogP) is 4.32. The quantitative estimate of drug-likeness (QED) is 0.725. The van der Waals surface area contributed by atoms with E-state index in [2.05, 4.69) is 43.1 Å². The van der Waals surface area contributed by atoms with Gasteiger partial charge in [-0.05, 0) is 60.6 Å². The Labute approximate surface area is 197 Å². The summed E-state index contributed by atoms with van der Waals surface area (Å²) in [5.41, 5.74) is 5.33. The Morgan fingerprint density at radius 1 is 1.12 bits per heavy atom. The molecule has 3 heterocycles. The van der Waals surface area contributed by atoms with E-state index in [1.807, 2.05) is 29.3 Å². The second-order valence-corrected chi connectivity index (χ2v) is 8.98. The van der Waals surface area contributed by atoms with Crippen LogP contribution in [0, 0.1) is 5.92 Å². The summed E-state index contributed by atoms with van der Waals surface area (Å²) in [6.07, 6.45) is 10.0. The molecular weight excluding hydrogens is 414 g/mol. The number of nitrogens with zero attached hydrogens (tertiary/aromatic N) is 2. The first-order chi connectivity index (χ1) is 15.9. The topological polar surface area (TPSA) is 54.0 Å². The van der Waals surface area contributed by atoms with Crippen LogP contribution < -0.4 is 14.8 Å². The molecule has 2 atom stereocenters. The van der Waals surface area contributed by atoms with Crippen LogP contribution in [0.4, 0.5) is 0 Å². The molecule has 0 aliphatic carbocycles. The van der Waals surface area contributed by atoms with Gasteiger partial charge in [0.05, 0.1) is 19.9 Å². The Balaban J connectivity index is 1.71. The lowest BCUT2D eigenvalue weighted by Gasteiger charge is -2.38. The minimum absolute atomic E-state index is 0.0164. The molecule has 0 radical (unpaired) electrons. The van der Waals surface area contributed by atoms with Crippen molar-refractivity contribution in [2.75, 3.05) is 33.9 Å². The lowest BCUT2D eigenvalue weighted by atomic mass is 9.88. The molecule has 0 aromatic heterocycles. The van der Waals surface area contributed by atoms with Gasteiger partial charge < -0.3 is 19.7 Å². The maximum Gasteiger partial charge on any atom is 0.255 e. The molecule has 176 valence electrons. The monoisotopic (exact) mass is 449 g/mol. The predicted molar refractivity (Wildman–Crippen MR) is 132 cm³/mol. The highest BCUT2D eigenvalue weighted by Gasteiger charge is 2.28. The maximum atomic E-state index is 13.6. The SMILES string of the molecule is CCC1=CC(N2CCNC(C)C2)=CN2C(=O)C=C(c3ccc(OC)c(OC)c3)C(C)CC=C12. The van der Waals surface area contributed by atoms with Crippen LogP contribution in [0.25, 0.3) is 5.57 Å². The summed E-state index contributed by atoms with van der Waals surface area (Å²) in [7, 11) is 3.26. The maximum absolute atomic E-state index is 13.6. The van der Waals surface area contributed by atoms with E-state index in [1.54, 1.807) is 20.3 Å². The smallest absolute Gasteiger partial charge is 0.255 e. The number of piperazine rings is 1. The third kappa shape index (κ3) is 4.71. The Kier molecular flexibility index (Phi) is 6.94. The van der Waals surface area contributed by atoms with Crippen LogP contribution in [0.3, 0.4) is 0 Å². The average Bonchev–Trinajstić information content (AvgIpc) is 2.83. The molecular formula is C27H35N3O3. The van der Waals surface area contributed by atoms with E-state index >= 15 is 0 Å². The fourth-order valence-corrected chi connectivity index (χ4v) is 4.82. The summed E-state index contributed by atoms with van der Waals surface area (Å²) in [4.78, 5) is 17.8. The first kappa shape index (κ1) is 23.2. The molecule has 3 aliphatic rings. The Morgan fingerprint density at radius 2 is 1.91 bits per heavy atom. The zero-order valence-electron chi connectivity index (χ0n) is 20.4. The molecule has 6 nitrogen and oxygen atoms in total. The van der Waals surface area contributed by atoms with Gasteiger partial charge in [0.1, 0.15) is 0 Å². The highest BCUT2D eigenvalue weighted by Crippen LogP contribution is 2.37. The van der Waals surface area contributed by atoms with Crippen molar-refractivity contribution < 1.29 is 14.3 Å². The highest BCUT2D eigenvalue weighted by atomic mass is 16.5. The summed E-state index contributed by atoms with van der Waals surface area (Å²) in [6.45, 7) is 9.35. The standard InChI is InChI=1S/C27H35N3O3/c1-6-20-13-22(29-12-11-28-19(3)16-29)17-30-24(20)9-7-18(2)23(15-27(30)31)21-8-10-25(32-4)26(14-21)33-5/h8-10,13-15,17-19,28H,6-7,11-12,16H2,1-5H3. The van der Waals surface area contributed by atoms with Gasteiger partial charge in [0.25, 0.3) is 5.91 Å². The number of methoxy groups -OCH3 is 2. The Morgan fingerprint density at radius 3 is 2.61 bits per heavy atom. The van der Waals surface area contributed by atoms with Crippen molar-refractivity contribution >= 4 is 11.5 Å².